The molecular formula is C21H36IN5O3S. The first-order valence-electron chi connectivity index (χ1n) is 10.9. The number of halogens is 1. The fourth-order valence-electron chi connectivity index (χ4n) is 3.40. The largest absolute Gasteiger partial charge is 0.477 e. The van der Waals surface area contributed by atoms with Crippen molar-refractivity contribution in [3.63, 3.8) is 0 Å². The highest BCUT2D eigenvalue weighted by Crippen LogP contribution is 2.29. The number of rotatable bonds is 10. The van der Waals surface area contributed by atoms with Crippen LogP contribution in [-0.2, 0) is 16.4 Å². The van der Waals surface area contributed by atoms with Crippen LogP contribution >= 0.6 is 24.0 Å². The van der Waals surface area contributed by atoms with Gasteiger partial charge in [-0.3, -0.25) is 0 Å². The smallest absolute Gasteiger partial charge is 0.213 e. The summed E-state index contributed by atoms with van der Waals surface area (Å²) in [5, 5.41) is 6.85. The second kappa shape index (κ2) is 12.8. The SMILES string of the molecule is CCNC(=NCc1ccnc(OCC2CC2)c1)NC1CCN(CCS(C)(=O)=O)CC1.I. The van der Waals surface area contributed by atoms with E-state index in [0.29, 0.717) is 30.9 Å². The van der Waals surface area contributed by atoms with Crippen LogP contribution in [0.1, 0.15) is 38.2 Å². The second-order valence-corrected chi connectivity index (χ2v) is 10.6. The molecule has 0 radical (unpaired) electrons. The van der Waals surface area contributed by atoms with Gasteiger partial charge in [0.05, 0.1) is 18.9 Å². The first-order valence-corrected chi connectivity index (χ1v) is 13.0. The number of piperidine rings is 1. The van der Waals surface area contributed by atoms with Crippen LogP contribution in [0.15, 0.2) is 23.3 Å². The van der Waals surface area contributed by atoms with Crippen molar-refractivity contribution in [3.05, 3.63) is 23.9 Å². The van der Waals surface area contributed by atoms with Crippen molar-refractivity contribution in [1.29, 1.82) is 0 Å². The number of nitrogens with one attached hydrogen (secondary N) is 2. The number of nitrogens with zero attached hydrogens (tertiary/aromatic N) is 3. The number of likely N-dealkylation sites (tertiary alicyclic amines) is 1. The monoisotopic (exact) mass is 565 g/mol. The zero-order chi connectivity index (χ0) is 21.4. The molecule has 2 N–H and O–H groups in total. The minimum Gasteiger partial charge on any atom is -0.477 e. The van der Waals surface area contributed by atoms with Gasteiger partial charge in [0.1, 0.15) is 9.84 Å². The minimum atomic E-state index is -2.91. The average molecular weight is 566 g/mol. The lowest BCUT2D eigenvalue weighted by molar-refractivity contribution is 0.216. The number of guanidine groups is 1. The Morgan fingerprint density at radius 1 is 1.29 bits per heavy atom. The second-order valence-electron chi connectivity index (χ2n) is 8.34. The van der Waals surface area contributed by atoms with Crippen LogP contribution in [0, 0.1) is 5.92 Å². The normalized spacial score (nSPS) is 18.3. The molecule has 2 heterocycles. The molecule has 2 aliphatic rings. The van der Waals surface area contributed by atoms with Crippen LogP contribution in [0.5, 0.6) is 5.88 Å². The standard InChI is InChI=1S/C21H35N5O3S.HI/c1-3-22-21(25-19-7-10-26(11-8-19)12-13-30(2,27)28)24-15-18-6-9-23-20(14-18)29-16-17-4-5-17;/h6,9,14,17,19H,3-5,7-8,10-13,15-16H2,1-2H3,(H2,22,24,25);1H. The average Bonchev–Trinajstić information content (AvgIpc) is 3.54. The lowest BCUT2D eigenvalue weighted by Crippen LogP contribution is -2.49. The van der Waals surface area contributed by atoms with E-state index in [-0.39, 0.29) is 29.7 Å². The van der Waals surface area contributed by atoms with Crippen LogP contribution in [0.3, 0.4) is 0 Å². The molecule has 31 heavy (non-hydrogen) atoms. The third kappa shape index (κ3) is 10.3. The molecule has 1 aromatic heterocycles. The molecule has 1 aliphatic carbocycles. The van der Waals surface area contributed by atoms with Crippen LogP contribution in [0.4, 0.5) is 0 Å². The summed E-state index contributed by atoms with van der Waals surface area (Å²) in [7, 11) is -2.91. The Labute approximate surface area is 203 Å². The highest BCUT2D eigenvalue weighted by molar-refractivity contribution is 14.0. The third-order valence-electron chi connectivity index (χ3n) is 5.43. The Balaban J connectivity index is 0.00000341. The topological polar surface area (TPSA) is 95.9 Å². The molecule has 0 spiro atoms. The summed E-state index contributed by atoms with van der Waals surface area (Å²) in [5.41, 5.74) is 1.07. The number of aromatic nitrogens is 1. The van der Waals surface area contributed by atoms with Crippen molar-refractivity contribution in [2.24, 2.45) is 10.9 Å². The first kappa shape index (κ1) is 26.1. The van der Waals surface area contributed by atoms with Gasteiger partial charge in [0.25, 0.3) is 0 Å². The lowest BCUT2D eigenvalue weighted by atomic mass is 10.1. The van der Waals surface area contributed by atoms with E-state index in [1.165, 1.54) is 19.1 Å². The van der Waals surface area contributed by atoms with Gasteiger partial charge < -0.3 is 20.3 Å². The van der Waals surface area contributed by atoms with E-state index in [4.69, 9.17) is 9.73 Å². The van der Waals surface area contributed by atoms with Crippen molar-refractivity contribution in [3.8, 4) is 5.88 Å². The molecule has 2 fully saturated rings. The maximum absolute atomic E-state index is 11.4. The summed E-state index contributed by atoms with van der Waals surface area (Å²) in [6.07, 6.45) is 7.55. The lowest BCUT2D eigenvalue weighted by Gasteiger charge is -2.32. The van der Waals surface area contributed by atoms with Gasteiger partial charge in [-0.1, -0.05) is 0 Å². The highest BCUT2D eigenvalue weighted by Gasteiger charge is 2.22. The number of hydrogen-bond donors (Lipinski definition) is 2. The highest BCUT2D eigenvalue weighted by atomic mass is 127. The summed E-state index contributed by atoms with van der Waals surface area (Å²) < 4.78 is 28.5. The van der Waals surface area contributed by atoms with Crippen molar-refractivity contribution in [2.75, 3.05) is 44.8 Å². The van der Waals surface area contributed by atoms with E-state index in [1.54, 1.807) is 6.20 Å². The van der Waals surface area contributed by atoms with Crippen molar-refractivity contribution in [2.45, 2.75) is 45.2 Å². The van der Waals surface area contributed by atoms with Crippen molar-refractivity contribution < 1.29 is 13.2 Å². The molecule has 1 aliphatic heterocycles. The van der Waals surface area contributed by atoms with Gasteiger partial charge in [-0.05, 0) is 50.2 Å². The maximum atomic E-state index is 11.4. The number of ether oxygens (including phenoxy) is 1. The zero-order valence-electron chi connectivity index (χ0n) is 18.5. The molecule has 0 aromatic carbocycles. The van der Waals surface area contributed by atoms with Crippen molar-refractivity contribution >= 4 is 39.8 Å². The Morgan fingerprint density at radius 2 is 2.03 bits per heavy atom. The van der Waals surface area contributed by atoms with Gasteiger partial charge in [-0.15, -0.1) is 24.0 Å². The van der Waals surface area contributed by atoms with Crippen LogP contribution in [-0.4, -0.2) is 75.1 Å². The summed E-state index contributed by atoms with van der Waals surface area (Å²) in [5.74, 6) is 2.42. The quantitative estimate of drug-likeness (QED) is 0.255. The van der Waals surface area contributed by atoms with Gasteiger partial charge in [0.2, 0.25) is 5.88 Å². The Morgan fingerprint density at radius 3 is 2.68 bits per heavy atom. The molecule has 1 aromatic rings. The van der Waals surface area contributed by atoms with E-state index < -0.39 is 9.84 Å². The number of sulfone groups is 1. The zero-order valence-corrected chi connectivity index (χ0v) is 21.7. The third-order valence-corrected chi connectivity index (χ3v) is 6.36. The summed E-state index contributed by atoms with van der Waals surface area (Å²) in [4.78, 5) is 11.2. The molecule has 0 amide bonds. The van der Waals surface area contributed by atoms with Crippen molar-refractivity contribution in [1.82, 2.24) is 20.5 Å². The van der Waals surface area contributed by atoms with Gasteiger partial charge in [0, 0.05) is 50.7 Å². The molecule has 8 nitrogen and oxygen atoms in total. The predicted octanol–water partition coefficient (Wildman–Crippen LogP) is 2.05. The van der Waals surface area contributed by atoms with Crippen LogP contribution in [0.25, 0.3) is 0 Å². The minimum absolute atomic E-state index is 0. The Bertz CT molecular complexity index is 809. The Kier molecular flexibility index (Phi) is 10.8. The molecule has 176 valence electrons. The first-order chi connectivity index (χ1) is 14.4. The summed E-state index contributed by atoms with van der Waals surface area (Å²) >= 11 is 0. The van der Waals surface area contributed by atoms with Crippen LogP contribution < -0.4 is 15.4 Å². The number of aliphatic imine (C=N–C) groups is 1. The molecule has 1 saturated heterocycles. The number of hydrogen-bond acceptors (Lipinski definition) is 6. The fourth-order valence-corrected chi connectivity index (χ4v) is 3.98. The van der Waals surface area contributed by atoms with E-state index in [2.05, 4.69) is 27.4 Å². The molecule has 0 bridgehead atoms. The summed E-state index contributed by atoms with van der Waals surface area (Å²) in [6.45, 7) is 6.59. The number of pyridine rings is 1. The van der Waals surface area contributed by atoms with Crippen LogP contribution in [0.2, 0.25) is 0 Å². The van der Waals surface area contributed by atoms with Gasteiger partial charge in [-0.25, -0.2) is 18.4 Å². The van der Waals surface area contributed by atoms with Gasteiger partial charge >= 0.3 is 0 Å². The van der Waals surface area contributed by atoms with E-state index in [1.807, 2.05) is 12.1 Å². The molecule has 0 unspecified atom stereocenters. The molecule has 3 rings (SSSR count). The van der Waals surface area contributed by atoms with E-state index in [9.17, 15) is 8.42 Å². The van der Waals surface area contributed by atoms with E-state index >= 15 is 0 Å². The predicted molar refractivity (Wildman–Crippen MR) is 135 cm³/mol. The maximum Gasteiger partial charge on any atom is 0.213 e. The summed E-state index contributed by atoms with van der Waals surface area (Å²) in [6, 6.07) is 4.28. The fraction of sp³-hybridized carbons (Fsp3) is 0.714. The molecular weight excluding hydrogens is 529 g/mol. The molecule has 0 atom stereocenters. The molecule has 1 saturated carbocycles. The van der Waals surface area contributed by atoms with Gasteiger partial charge in [-0.2, -0.15) is 0 Å². The molecule has 10 heteroatoms. The Hall–Kier alpha value is -1.14. The van der Waals surface area contributed by atoms with Gasteiger partial charge in [0.15, 0.2) is 5.96 Å². The van der Waals surface area contributed by atoms with E-state index in [0.717, 1.165) is 50.6 Å².